The first kappa shape index (κ1) is 24.0. The van der Waals surface area contributed by atoms with Crippen molar-refractivity contribution in [1.29, 1.82) is 0 Å². The molecule has 2 rings (SSSR count). The molecule has 0 unspecified atom stereocenters. The van der Waals surface area contributed by atoms with Crippen LogP contribution in [-0.2, 0) is 19.1 Å². The fourth-order valence-corrected chi connectivity index (χ4v) is 3.61. The minimum absolute atomic E-state index is 0.0227. The molecule has 31 heavy (non-hydrogen) atoms. The Kier molecular flexibility index (Phi) is 8.67. The van der Waals surface area contributed by atoms with E-state index < -0.39 is 22.5 Å². The van der Waals surface area contributed by atoms with Gasteiger partial charge < -0.3 is 23.8 Å². The Balaban J connectivity index is 2.13. The maximum Gasteiger partial charge on any atom is 0.345 e. The van der Waals surface area contributed by atoms with Gasteiger partial charge in [0.05, 0.1) is 54.7 Å². The molecule has 0 aliphatic carbocycles. The summed E-state index contributed by atoms with van der Waals surface area (Å²) in [6.45, 7) is 3.57. The van der Waals surface area contributed by atoms with Crippen LogP contribution in [-0.4, -0.2) is 66.9 Å². The third-order valence-electron chi connectivity index (χ3n) is 3.98. The summed E-state index contributed by atoms with van der Waals surface area (Å²) >= 11 is 1.16. The standard InChI is InChI=1S/C19H22N2O9S/c1-4-28-15-8-12(13(21(25)26)9-14(15)27-3)19(24)30-7-6-20-16(22)11-31-17(20)10-18(23)29-5-2/h8-10H,4-7,11H2,1-3H3/b17-10+. The molecule has 0 N–H and O–H groups in total. The van der Waals surface area contributed by atoms with E-state index >= 15 is 0 Å². The summed E-state index contributed by atoms with van der Waals surface area (Å²) in [5.74, 6) is -1.39. The number of amides is 1. The Bertz CT molecular complexity index is 901. The van der Waals surface area contributed by atoms with Crippen molar-refractivity contribution in [2.75, 3.05) is 39.2 Å². The van der Waals surface area contributed by atoms with Crippen LogP contribution in [0.15, 0.2) is 23.2 Å². The lowest BCUT2D eigenvalue weighted by atomic mass is 10.1. The van der Waals surface area contributed by atoms with Gasteiger partial charge in [-0.15, -0.1) is 0 Å². The average Bonchev–Trinajstić information content (AvgIpc) is 3.07. The average molecular weight is 454 g/mol. The number of nitrogens with zero attached hydrogens (tertiary/aromatic N) is 2. The van der Waals surface area contributed by atoms with E-state index in [1.54, 1.807) is 13.8 Å². The van der Waals surface area contributed by atoms with Crippen molar-refractivity contribution in [2.24, 2.45) is 0 Å². The van der Waals surface area contributed by atoms with E-state index in [9.17, 15) is 24.5 Å². The van der Waals surface area contributed by atoms with Gasteiger partial charge in [0.2, 0.25) is 5.91 Å². The largest absolute Gasteiger partial charge is 0.493 e. The molecule has 1 saturated heterocycles. The van der Waals surface area contributed by atoms with Gasteiger partial charge in [0.25, 0.3) is 5.69 Å². The quantitative estimate of drug-likeness (QED) is 0.224. The van der Waals surface area contributed by atoms with E-state index in [2.05, 4.69) is 0 Å². The van der Waals surface area contributed by atoms with Crippen LogP contribution >= 0.6 is 11.8 Å². The first-order valence-electron chi connectivity index (χ1n) is 9.30. The zero-order chi connectivity index (χ0) is 23.0. The molecule has 11 nitrogen and oxygen atoms in total. The van der Waals surface area contributed by atoms with Gasteiger partial charge in [-0.25, -0.2) is 9.59 Å². The summed E-state index contributed by atoms with van der Waals surface area (Å²) in [7, 11) is 1.33. The molecule has 0 atom stereocenters. The van der Waals surface area contributed by atoms with Gasteiger partial charge >= 0.3 is 11.9 Å². The lowest BCUT2D eigenvalue weighted by molar-refractivity contribution is -0.385. The fraction of sp³-hybridized carbons (Fsp3) is 0.421. The number of methoxy groups -OCH3 is 1. The highest BCUT2D eigenvalue weighted by molar-refractivity contribution is 8.04. The Morgan fingerprint density at radius 3 is 2.58 bits per heavy atom. The van der Waals surface area contributed by atoms with Gasteiger partial charge in [-0.1, -0.05) is 11.8 Å². The lowest BCUT2D eigenvalue weighted by Crippen LogP contribution is -2.29. The van der Waals surface area contributed by atoms with Crippen LogP contribution in [0.2, 0.25) is 0 Å². The molecule has 1 aromatic rings. The molecule has 0 radical (unpaired) electrons. The van der Waals surface area contributed by atoms with Gasteiger partial charge in [0, 0.05) is 6.07 Å². The molecule has 1 fully saturated rings. The predicted octanol–water partition coefficient (Wildman–Crippen LogP) is 2.14. The van der Waals surface area contributed by atoms with Crippen LogP contribution in [0, 0.1) is 10.1 Å². The highest BCUT2D eigenvalue weighted by atomic mass is 32.2. The summed E-state index contributed by atoms with van der Waals surface area (Å²) in [6, 6.07) is 2.27. The molecule has 1 aliphatic rings. The Morgan fingerprint density at radius 1 is 1.23 bits per heavy atom. The van der Waals surface area contributed by atoms with Crippen LogP contribution in [0.3, 0.4) is 0 Å². The SMILES string of the molecule is CCOC(=O)/C=C1/SCC(=O)N1CCOC(=O)c1cc(OCC)c(OC)cc1[N+](=O)[O-]. The molecule has 1 amide bonds. The summed E-state index contributed by atoms with van der Waals surface area (Å²) in [5.41, 5.74) is -0.806. The molecular formula is C19H22N2O9S. The number of carbonyl (C=O) groups excluding carboxylic acids is 3. The first-order chi connectivity index (χ1) is 14.8. The summed E-state index contributed by atoms with van der Waals surface area (Å²) in [4.78, 5) is 48.1. The number of esters is 2. The maximum atomic E-state index is 12.5. The lowest BCUT2D eigenvalue weighted by Gasteiger charge is -2.17. The van der Waals surface area contributed by atoms with Crippen LogP contribution < -0.4 is 9.47 Å². The first-order valence-corrected chi connectivity index (χ1v) is 10.3. The van der Waals surface area contributed by atoms with E-state index in [0.717, 1.165) is 17.8 Å². The second kappa shape index (κ2) is 11.2. The number of nitro groups is 1. The van der Waals surface area contributed by atoms with Crippen molar-refractivity contribution in [1.82, 2.24) is 4.90 Å². The van der Waals surface area contributed by atoms with Crippen molar-refractivity contribution in [3.8, 4) is 11.5 Å². The molecular weight excluding hydrogens is 432 g/mol. The van der Waals surface area contributed by atoms with E-state index in [1.165, 1.54) is 24.2 Å². The third kappa shape index (κ3) is 6.10. The molecule has 1 heterocycles. The van der Waals surface area contributed by atoms with Crippen LogP contribution in [0.25, 0.3) is 0 Å². The monoisotopic (exact) mass is 454 g/mol. The molecule has 1 aliphatic heterocycles. The Hall–Kier alpha value is -3.28. The number of hydrogen-bond donors (Lipinski definition) is 0. The second-order valence-corrected chi connectivity index (χ2v) is 6.91. The summed E-state index contributed by atoms with van der Waals surface area (Å²) < 4.78 is 20.4. The van der Waals surface area contributed by atoms with Gasteiger partial charge in [0.1, 0.15) is 12.2 Å². The van der Waals surface area contributed by atoms with Crippen LogP contribution in [0.5, 0.6) is 11.5 Å². The van der Waals surface area contributed by atoms with Gasteiger partial charge in [-0.3, -0.25) is 14.9 Å². The Morgan fingerprint density at radius 2 is 1.97 bits per heavy atom. The Labute approximate surface area is 182 Å². The van der Waals surface area contributed by atoms with Crippen molar-refractivity contribution in [3.05, 3.63) is 38.9 Å². The van der Waals surface area contributed by atoms with Crippen molar-refractivity contribution in [2.45, 2.75) is 13.8 Å². The summed E-state index contributed by atoms with van der Waals surface area (Å²) in [5, 5.41) is 11.8. The molecule has 168 valence electrons. The van der Waals surface area contributed by atoms with Crippen molar-refractivity contribution < 1.29 is 38.3 Å². The van der Waals surface area contributed by atoms with Crippen molar-refractivity contribution >= 4 is 35.3 Å². The molecule has 0 spiro atoms. The van der Waals surface area contributed by atoms with E-state index in [-0.39, 0.29) is 55.1 Å². The van der Waals surface area contributed by atoms with Crippen LogP contribution in [0.4, 0.5) is 5.69 Å². The van der Waals surface area contributed by atoms with Gasteiger partial charge in [0.15, 0.2) is 11.5 Å². The number of ether oxygens (including phenoxy) is 4. The topological polar surface area (TPSA) is 135 Å². The summed E-state index contributed by atoms with van der Waals surface area (Å²) in [6.07, 6.45) is 1.20. The second-order valence-electron chi connectivity index (χ2n) is 5.91. The van der Waals surface area contributed by atoms with Crippen LogP contribution in [0.1, 0.15) is 24.2 Å². The van der Waals surface area contributed by atoms with E-state index in [4.69, 9.17) is 18.9 Å². The number of nitro benzene ring substituents is 1. The minimum Gasteiger partial charge on any atom is -0.493 e. The zero-order valence-electron chi connectivity index (χ0n) is 17.2. The zero-order valence-corrected chi connectivity index (χ0v) is 18.1. The maximum absolute atomic E-state index is 12.5. The minimum atomic E-state index is -0.953. The smallest absolute Gasteiger partial charge is 0.345 e. The van der Waals surface area contributed by atoms with Crippen molar-refractivity contribution in [3.63, 3.8) is 0 Å². The number of thioether (sulfide) groups is 1. The van der Waals surface area contributed by atoms with E-state index in [0.29, 0.717) is 5.03 Å². The third-order valence-corrected chi connectivity index (χ3v) is 5.01. The van der Waals surface area contributed by atoms with Gasteiger partial charge in [-0.05, 0) is 13.8 Å². The molecule has 1 aromatic carbocycles. The molecule has 0 saturated carbocycles. The normalized spacial score (nSPS) is 14.5. The number of rotatable bonds is 10. The van der Waals surface area contributed by atoms with E-state index in [1.807, 2.05) is 0 Å². The highest BCUT2D eigenvalue weighted by Crippen LogP contribution is 2.35. The van der Waals surface area contributed by atoms with Gasteiger partial charge in [-0.2, -0.15) is 0 Å². The predicted molar refractivity (Wildman–Crippen MR) is 110 cm³/mol. The molecule has 12 heteroatoms. The number of hydrogen-bond acceptors (Lipinski definition) is 10. The number of carbonyl (C=O) groups is 3. The highest BCUT2D eigenvalue weighted by Gasteiger charge is 2.29. The fourth-order valence-electron chi connectivity index (χ4n) is 2.65. The number of benzene rings is 1. The molecule has 0 bridgehead atoms. The molecule has 0 aromatic heterocycles.